The van der Waals surface area contributed by atoms with Crippen LogP contribution >= 0.6 is 0 Å². The highest BCUT2D eigenvalue weighted by Gasteiger charge is 2.89. The summed E-state index contributed by atoms with van der Waals surface area (Å²) in [6.07, 6.45) is -19.7. The molecule has 0 saturated heterocycles. The molecule has 0 aromatic carbocycles. The molecular weight excluding hydrogens is 475 g/mol. The van der Waals surface area contributed by atoms with E-state index in [1.807, 2.05) is 0 Å². The van der Waals surface area contributed by atoms with Crippen molar-refractivity contribution in [1.82, 2.24) is 0 Å². The van der Waals surface area contributed by atoms with Gasteiger partial charge < -0.3 is 9.84 Å². The highest BCUT2D eigenvalue weighted by Crippen LogP contribution is 2.61. The largest absolute Gasteiger partial charge is 0.512 e. The molecule has 3 nitrogen and oxygen atoms in total. The predicted octanol–water partition coefficient (Wildman–Crippen LogP) is 6.29. The van der Waals surface area contributed by atoms with Crippen molar-refractivity contribution in [1.29, 1.82) is 0 Å². The van der Waals surface area contributed by atoms with E-state index in [1.165, 1.54) is 6.92 Å². The Morgan fingerprint density at radius 2 is 1.19 bits per heavy atom. The minimum Gasteiger partial charge on any atom is -0.512 e. The van der Waals surface area contributed by atoms with Gasteiger partial charge in [-0.3, -0.25) is 0 Å². The molecule has 0 aliphatic heterocycles. The van der Waals surface area contributed by atoms with Crippen LogP contribution in [0.4, 0.5) is 57.1 Å². The van der Waals surface area contributed by atoms with Gasteiger partial charge in [0.05, 0.1) is 12.2 Å². The summed E-state index contributed by atoms with van der Waals surface area (Å²) in [6.45, 7) is 1.79. The van der Waals surface area contributed by atoms with Gasteiger partial charge in [0.2, 0.25) is 0 Å². The number of hydrogen-bond acceptors (Lipinski definition) is 3. The van der Waals surface area contributed by atoms with E-state index in [1.54, 1.807) is 0 Å². The SMILES string of the molecule is CCCOC(=O)C(C)=C(O)CCC(F)(C(F)(F)C(F)(F)F)C(F)(F)C(F)(F)C(F)(F)F. The zero-order chi connectivity index (χ0) is 25.3. The van der Waals surface area contributed by atoms with Crippen molar-refractivity contribution in [2.75, 3.05) is 6.61 Å². The third-order valence-electron chi connectivity index (χ3n) is 3.98. The lowest BCUT2D eigenvalue weighted by atomic mass is 9.81. The maximum absolute atomic E-state index is 14.4. The normalized spacial score (nSPS) is 17.1. The quantitative estimate of drug-likeness (QED) is 0.179. The number of esters is 1. The van der Waals surface area contributed by atoms with E-state index in [2.05, 4.69) is 4.74 Å². The highest BCUT2D eigenvalue weighted by molar-refractivity contribution is 5.88. The number of carbonyl (C=O) groups is 1. The average molecular weight is 490 g/mol. The molecule has 1 N–H and O–H groups in total. The number of halogens is 13. The van der Waals surface area contributed by atoms with Gasteiger partial charge in [0.25, 0.3) is 5.67 Å². The van der Waals surface area contributed by atoms with Crippen molar-refractivity contribution in [2.45, 2.75) is 68.9 Å². The van der Waals surface area contributed by atoms with Gasteiger partial charge in [0, 0.05) is 12.8 Å². The fraction of sp³-hybridized carbons (Fsp3) is 0.800. The Labute approximate surface area is 165 Å². The summed E-state index contributed by atoms with van der Waals surface area (Å²) in [5, 5.41) is 9.48. The van der Waals surface area contributed by atoms with Crippen molar-refractivity contribution in [3.05, 3.63) is 11.3 Å². The maximum Gasteiger partial charge on any atom is 0.460 e. The van der Waals surface area contributed by atoms with E-state index >= 15 is 0 Å². The van der Waals surface area contributed by atoms with Gasteiger partial charge >= 0.3 is 36.1 Å². The first-order valence-corrected chi connectivity index (χ1v) is 8.04. The molecule has 0 aromatic rings. The van der Waals surface area contributed by atoms with E-state index in [0.29, 0.717) is 6.92 Å². The summed E-state index contributed by atoms with van der Waals surface area (Å²) in [4.78, 5) is 11.4. The Bertz CT molecular complexity index is 679. The Hall–Kier alpha value is -1.90. The van der Waals surface area contributed by atoms with E-state index in [-0.39, 0.29) is 13.0 Å². The lowest BCUT2D eigenvalue weighted by Crippen LogP contribution is -2.71. The smallest absolute Gasteiger partial charge is 0.460 e. The van der Waals surface area contributed by atoms with Crippen LogP contribution in [0.5, 0.6) is 0 Å². The average Bonchev–Trinajstić information content (AvgIpc) is 2.60. The van der Waals surface area contributed by atoms with E-state index in [4.69, 9.17) is 0 Å². The third-order valence-corrected chi connectivity index (χ3v) is 3.98. The molecule has 0 radical (unpaired) electrons. The number of alkyl halides is 13. The van der Waals surface area contributed by atoms with Crippen LogP contribution in [0.3, 0.4) is 0 Å². The van der Waals surface area contributed by atoms with Crippen molar-refractivity contribution >= 4 is 5.97 Å². The Kier molecular flexibility index (Phi) is 8.37. The summed E-state index contributed by atoms with van der Waals surface area (Å²) >= 11 is 0. The first-order chi connectivity index (χ1) is 13.5. The zero-order valence-electron chi connectivity index (χ0n) is 15.5. The summed E-state index contributed by atoms with van der Waals surface area (Å²) in [5.41, 5.74) is -7.91. The molecule has 1 atom stereocenters. The molecule has 184 valence electrons. The van der Waals surface area contributed by atoms with Crippen LogP contribution in [-0.2, 0) is 9.53 Å². The number of aliphatic hydroxyl groups is 1. The molecule has 16 heteroatoms. The molecular formula is C15H15F13O3. The van der Waals surface area contributed by atoms with Crippen LogP contribution in [0, 0.1) is 0 Å². The number of allylic oxidation sites excluding steroid dienone is 1. The number of carbonyl (C=O) groups excluding carboxylic acids is 1. The van der Waals surface area contributed by atoms with E-state index in [9.17, 15) is 67.0 Å². The molecule has 0 bridgehead atoms. The van der Waals surface area contributed by atoms with Gasteiger partial charge in [-0.2, -0.15) is 52.7 Å². The van der Waals surface area contributed by atoms with Crippen molar-refractivity contribution in [3.63, 3.8) is 0 Å². The number of ether oxygens (including phenoxy) is 1. The van der Waals surface area contributed by atoms with Crippen LogP contribution in [0.1, 0.15) is 33.1 Å². The fourth-order valence-corrected chi connectivity index (χ4v) is 2.06. The van der Waals surface area contributed by atoms with Crippen LogP contribution < -0.4 is 0 Å². The number of rotatable bonds is 9. The second-order valence-corrected chi connectivity index (χ2v) is 6.23. The second kappa shape index (κ2) is 8.92. The summed E-state index contributed by atoms with van der Waals surface area (Å²) in [7, 11) is 0. The molecule has 0 fully saturated rings. The number of hydrogen-bond donors (Lipinski definition) is 1. The molecule has 0 saturated carbocycles. The van der Waals surface area contributed by atoms with Gasteiger partial charge in [0.15, 0.2) is 0 Å². The van der Waals surface area contributed by atoms with Gasteiger partial charge in [0.1, 0.15) is 5.76 Å². The van der Waals surface area contributed by atoms with E-state index in [0.717, 1.165) is 0 Å². The Balaban J connectivity index is 6.45. The van der Waals surface area contributed by atoms with Crippen LogP contribution in [0.15, 0.2) is 11.3 Å². The maximum atomic E-state index is 14.4. The molecule has 0 rings (SSSR count). The predicted molar refractivity (Wildman–Crippen MR) is 76.6 cm³/mol. The molecule has 0 aliphatic rings. The molecule has 31 heavy (non-hydrogen) atoms. The van der Waals surface area contributed by atoms with Crippen molar-refractivity contribution in [2.24, 2.45) is 0 Å². The van der Waals surface area contributed by atoms with Crippen LogP contribution in [-0.4, -0.2) is 53.5 Å². The Morgan fingerprint density at radius 3 is 1.55 bits per heavy atom. The minimum absolute atomic E-state index is 0.198. The zero-order valence-corrected chi connectivity index (χ0v) is 15.5. The molecule has 1 unspecified atom stereocenters. The van der Waals surface area contributed by atoms with Crippen LogP contribution in [0.2, 0.25) is 0 Å². The first kappa shape index (κ1) is 29.1. The van der Waals surface area contributed by atoms with Gasteiger partial charge in [-0.1, -0.05) is 6.92 Å². The number of aliphatic hydroxyl groups excluding tert-OH is 1. The van der Waals surface area contributed by atoms with Crippen molar-refractivity contribution < 1.29 is 71.7 Å². The summed E-state index contributed by atoms with van der Waals surface area (Å²) < 4.78 is 174. The molecule has 0 heterocycles. The second-order valence-electron chi connectivity index (χ2n) is 6.23. The highest BCUT2D eigenvalue weighted by atomic mass is 19.4. The lowest BCUT2D eigenvalue weighted by molar-refractivity contribution is -0.426. The summed E-state index contributed by atoms with van der Waals surface area (Å²) in [6, 6.07) is 0. The lowest BCUT2D eigenvalue weighted by Gasteiger charge is -2.42. The van der Waals surface area contributed by atoms with Gasteiger partial charge in [-0.15, -0.1) is 0 Å². The monoisotopic (exact) mass is 490 g/mol. The molecule has 0 aromatic heterocycles. The topological polar surface area (TPSA) is 46.5 Å². The third kappa shape index (κ3) is 5.13. The Morgan fingerprint density at radius 1 is 0.774 bits per heavy atom. The van der Waals surface area contributed by atoms with Crippen LogP contribution in [0.25, 0.3) is 0 Å². The first-order valence-electron chi connectivity index (χ1n) is 8.04. The minimum atomic E-state index is -7.67. The van der Waals surface area contributed by atoms with Crippen molar-refractivity contribution in [3.8, 4) is 0 Å². The fourth-order valence-electron chi connectivity index (χ4n) is 2.06. The summed E-state index contributed by atoms with van der Waals surface area (Å²) in [5.74, 6) is -25.9. The standard InChI is InChI=1S/C15H15F13O3/c1-3-6-31-9(30)7(2)8(29)4-5-10(16,12(19,20)14(23,24)25)11(17,18)13(21,22)15(26,27)28/h29H,3-6H2,1-2H3. The van der Waals surface area contributed by atoms with E-state index < -0.39 is 65.9 Å². The molecule has 0 spiro atoms. The molecule has 0 aliphatic carbocycles. The van der Waals surface area contributed by atoms with Gasteiger partial charge in [-0.05, 0) is 13.3 Å². The van der Waals surface area contributed by atoms with Gasteiger partial charge in [-0.25, -0.2) is 9.18 Å². The molecule has 0 amide bonds.